The lowest BCUT2D eigenvalue weighted by Crippen LogP contribution is -2.56. The van der Waals surface area contributed by atoms with Crippen molar-refractivity contribution in [2.45, 2.75) is 77.8 Å². The van der Waals surface area contributed by atoms with Crippen molar-refractivity contribution < 1.29 is 48.1 Å². The van der Waals surface area contributed by atoms with Gasteiger partial charge < -0.3 is 30.0 Å². The standard InChI is InChI=1S/C21H34N2O10/c1-5-21(12-11-17(26)27,20(30)33-8-4)23-16(25)13-15(24)22-14(19(29)32-7-3)9-10-18(28)31-6-2/h14H,5-13H2,1-4H3,(H,22,24)(H,23,25)(H,26,27)/t14-,21-/m0/s1. The molecule has 3 N–H and O–H groups in total. The van der Waals surface area contributed by atoms with Crippen LogP contribution in [-0.4, -0.2) is 72.2 Å². The lowest BCUT2D eigenvalue weighted by Gasteiger charge is -2.31. The minimum absolute atomic E-state index is 0.0195. The molecule has 0 aromatic rings. The normalized spacial score (nSPS) is 13.1. The Morgan fingerprint density at radius 2 is 1.45 bits per heavy atom. The van der Waals surface area contributed by atoms with Crippen molar-refractivity contribution in [2.75, 3.05) is 19.8 Å². The Bertz CT molecular complexity index is 709. The largest absolute Gasteiger partial charge is 0.481 e. The highest BCUT2D eigenvalue weighted by atomic mass is 16.5. The number of aliphatic carboxylic acids is 1. The van der Waals surface area contributed by atoms with E-state index < -0.39 is 60.1 Å². The van der Waals surface area contributed by atoms with Crippen LogP contribution >= 0.6 is 0 Å². The van der Waals surface area contributed by atoms with Crippen LogP contribution < -0.4 is 10.6 Å². The third kappa shape index (κ3) is 11.3. The maximum absolute atomic E-state index is 12.5. The van der Waals surface area contributed by atoms with Crippen molar-refractivity contribution in [1.29, 1.82) is 0 Å². The maximum atomic E-state index is 12.5. The predicted octanol–water partition coefficient (Wildman–Crippen LogP) is 0.461. The lowest BCUT2D eigenvalue weighted by molar-refractivity contribution is -0.155. The molecule has 188 valence electrons. The van der Waals surface area contributed by atoms with Gasteiger partial charge in [0.25, 0.3) is 0 Å². The number of esters is 3. The molecule has 0 saturated carbocycles. The molecular formula is C21H34N2O10. The Balaban J connectivity index is 5.25. The molecule has 0 saturated heterocycles. The van der Waals surface area contributed by atoms with E-state index in [1.165, 1.54) is 0 Å². The smallest absolute Gasteiger partial charge is 0.331 e. The number of ether oxygens (including phenoxy) is 3. The van der Waals surface area contributed by atoms with E-state index in [0.717, 1.165) is 0 Å². The van der Waals surface area contributed by atoms with E-state index in [0.29, 0.717) is 0 Å². The molecule has 12 nitrogen and oxygen atoms in total. The SMILES string of the molecule is CCOC(=O)CC[C@H](NC(=O)CC(=O)N[C@@](CC)(CCC(=O)O)C(=O)OCC)C(=O)OCC. The molecule has 0 rings (SSSR count). The summed E-state index contributed by atoms with van der Waals surface area (Å²) in [5.74, 6) is -5.00. The van der Waals surface area contributed by atoms with Gasteiger partial charge in [-0.05, 0) is 40.0 Å². The second-order valence-corrected chi connectivity index (χ2v) is 6.99. The summed E-state index contributed by atoms with van der Waals surface area (Å²) in [6.07, 6.45) is -1.58. The van der Waals surface area contributed by atoms with Gasteiger partial charge in [-0.1, -0.05) is 6.92 Å². The fourth-order valence-electron chi connectivity index (χ4n) is 2.90. The van der Waals surface area contributed by atoms with Crippen LogP contribution in [0.25, 0.3) is 0 Å². The number of nitrogens with one attached hydrogen (secondary N) is 2. The fraction of sp³-hybridized carbons (Fsp3) is 0.714. The number of amides is 2. The third-order valence-electron chi connectivity index (χ3n) is 4.58. The quantitative estimate of drug-likeness (QED) is 0.162. The predicted molar refractivity (Wildman–Crippen MR) is 114 cm³/mol. The summed E-state index contributed by atoms with van der Waals surface area (Å²) in [5.41, 5.74) is -1.61. The highest BCUT2D eigenvalue weighted by molar-refractivity contribution is 6.00. The third-order valence-corrected chi connectivity index (χ3v) is 4.58. The van der Waals surface area contributed by atoms with Crippen LogP contribution in [0.2, 0.25) is 0 Å². The van der Waals surface area contributed by atoms with E-state index in [9.17, 15) is 28.8 Å². The van der Waals surface area contributed by atoms with Gasteiger partial charge in [0.2, 0.25) is 11.8 Å². The summed E-state index contributed by atoms with van der Waals surface area (Å²) in [7, 11) is 0. The maximum Gasteiger partial charge on any atom is 0.331 e. The first-order valence-corrected chi connectivity index (χ1v) is 10.9. The van der Waals surface area contributed by atoms with Crippen LogP contribution in [-0.2, 0) is 43.0 Å². The lowest BCUT2D eigenvalue weighted by atomic mass is 9.90. The first-order valence-electron chi connectivity index (χ1n) is 10.9. The minimum atomic E-state index is -1.61. The molecule has 2 atom stereocenters. The average Bonchev–Trinajstić information content (AvgIpc) is 2.74. The van der Waals surface area contributed by atoms with Crippen molar-refractivity contribution in [3.05, 3.63) is 0 Å². The molecule has 2 amide bonds. The molecule has 0 aliphatic rings. The molecular weight excluding hydrogens is 440 g/mol. The summed E-state index contributed by atoms with van der Waals surface area (Å²) in [4.78, 5) is 72.0. The van der Waals surface area contributed by atoms with Gasteiger partial charge in [-0.15, -0.1) is 0 Å². The Labute approximate surface area is 192 Å². The first kappa shape index (κ1) is 29.8. The van der Waals surface area contributed by atoms with Gasteiger partial charge in [0.1, 0.15) is 18.0 Å². The van der Waals surface area contributed by atoms with E-state index in [1.54, 1.807) is 27.7 Å². The summed E-state index contributed by atoms with van der Waals surface area (Å²) in [6.45, 7) is 6.58. The highest BCUT2D eigenvalue weighted by Gasteiger charge is 2.40. The highest BCUT2D eigenvalue weighted by Crippen LogP contribution is 2.20. The van der Waals surface area contributed by atoms with Crippen LogP contribution in [0.5, 0.6) is 0 Å². The zero-order valence-electron chi connectivity index (χ0n) is 19.6. The van der Waals surface area contributed by atoms with Crippen molar-refractivity contribution in [3.8, 4) is 0 Å². The Kier molecular flexibility index (Phi) is 14.1. The molecule has 0 bridgehead atoms. The number of carboxylic acid groups (broad SMARTS) is 1. The number of hydrogen-bond donors (Lipinski definition) is 3. The Hall–Kier alpha value is -3.18. The Morgan fingerprint density at radius 3 is 1.97 bits per heavy atom. The first-order chi connectivity index (χ1) is 15.5. The minimum Gasteiger partial charge on any atom is -0.481 e. The summed E-state index contributed by atoms with van der Waals surface area (Å²) in [5, 5.41) is 13.7. The number of carboxylic acids is 1. The van der Waals surface area contributed by atoms with Crippen molar-refractivity contribution in [3.63, 3.8) is 0 Å². The number of carbonyl (C=O) groups excluding carboxylic acids is 5. The molecule has 0 fully saturated rings. The van der Waals surface area contributed by atoms with Crippen molar-refractivity contribution in [1.82, 2.24) is 10.6 Å². The molecule has 0 spiro atoms. The van der Waals surface area contributed by atoms with Gasteiger partial charge in [-0.2, -0.15) is 0 Å². The van der Waals surface area contributed by atoms with Crippen LogP contribution in [0.3, 0.4) is 0 Å². The molecule has 0 radical (unpaired) electrons. The van der Waals surface area contributed by atoms with Gasteiger partial charge in [0, 0.05) is 12.8 Å². The topological polar surface area (TPSA) is 174 Å². The van der Waals surface area contributed by atoms with E-state index in [-0.39, 0.29) is 45.5 Å². The van der Waals surface area contributed by atoms with Crippen LogP contribution in [0.4, 0.5) is 0 Å². The van der Waals surface area contributed by atoms with Crippen molar-refractivity contribution >= 4 is 35.7 Å². The van der Waals surface area contributed by atoms with Crippen LogP contribution in [0, 0.1) is 0 Å². The van der Waals surface area contributed by atoms with Gasteiger partial charge >= 0.3 is 23.9 Å². The molecule has 0 aliphatic carbocycles. The molecule has 0 aromatic heterocycles. The molecule has 0 aliphatic heterocycles. The van der Waals surface area contributed by atoms with Gasteiger partial charge in [-0.3, -0.25) is 19.2 Å². The number of rotatable bonds is 16. The van der Waals surface area contributed by atoms with Crippen molar-refractivity contribution in [2.24, 2.45) is 0 Å². The second kappa shape index (κ2) is 15.6. The van der Waals surface area contributed by atoms with Gasteiger partial charge in [0.15, 0.2) is 0 Å². The molecule has 33 heavy (non-hydrogen) atoms. The molecule has 0 unspecified atom stereocenters. The average molecular weight is 475 g/mol. The fourth-order valence-corrected chi connectivity index (χ4v) is 2.90. The summed E-state index contributed by atoms with van der Waals surface area (Å²) >= 11 is 0. The molecule has 0 heterocycles. The number of hydrogen-bond acceptors (Lipinski definition) is 9. The molecule has 0 aromatic carbocycles. The van der Waals surface area contributed by atoms with E-state index in [4.69, 9.17) is 19.3 Å². The van der Waals surface area contributed by atoms with Crippen LogP contribution in [0.1, 0.15) is 66.2 Å². The van der Waals surface area contributed by atoms with Crippen LogP contribution in [0.15, 0.2) is 0 Å². The zero-order valence-corrected chi connectivity index (χ0v) is 19.6. The summed E-state index contributed by atoms with van der Waals surface area (Å²) in [6, 6.07) is -1.18. The second-order valence-electron chi connectivity index (χ2n) is 6.99. The van der Waals surface area contributed by atoms with E-state index in [1.807, 2.05) is 0 Å². The monoisotopic (exact) mass is 474 g/mol. The van der Waals surface area contributed by atoms with E-state index >= 15 is 0 Å². The Morgan fingerprint density at radius 1 is 0.848 bits per heavy atom. The number of carbonyl (C=O) groups is 6. The van der Waals surface area contributed by atoms with E-state index in [2.05, 4.69) is 10.6 Å². The van der Waals surface area contributed by atoms with Gasteiger partial charge in [-0.25, -0.2) is 9.59 Å². The summed E-state index contributed by atoms with van der Waals surface area (Å²) < 4.78 is 14.7. The zero-order chi connectivity index (χ0) is 25.4. The van der Waals surface area contributed by atoms with Gasteiger partial charge in [0.05, 0.1) is 19.8 Å². The molecule has 12 heteroatoms.